The summed E-state index contributed by atoms with van der Waals surface area (Å²) in [4.78, 5) is 40.3. The van der Waals surface area contributed by atoms with Gasteiger partial charge in [-0.05, 0) is 37.5 Å². The summed E-state index contributed by atoms with van der Waals surface area (Å²) in [5, 5.41) is 0.395. The number of benzene rings is 1. The van der Waals surface area contributed by atoms with Crippen LogP contribution in [0.3, 0.4) is 0 Å². The van der Waals surface area contributed by atoms with Crippen molar-refractivity contribution < 1.29 is 14.4 Å². The minimum absolute atomic E-state index is 0.00288. The summed E-state index contributed by atoms with van der Waals surface area (Å²) >= 11 is 6.28. The molecule has 3 heterocycles. The largest absolute Gasteiger partial charge is 0.332 e. The van der Waals surface area contributed by atoms with Gasteiger partial charge in [0.15, 0.2) is 0 Å². The molecule has 6 heteroatoms. The number of nitrogens with zero attached hydrogens (tertiary/aromatic N) is 2. The van der Waals surface area contributed by atoms with Gasteiger partial charge in [-0.1, -0.05) is 11.6 Å². The fourth-order valence-electron chi connectivity index (χ4n) is 4.21. The van der Waals surface area contributed by atoms with Crippen LogP contribution in [-0.4, -0.2) is 41.1 Å². The molecule has 126 valence electrons. The van der Waals surface area contributed by atoms with Crippen LogP contribution >= 0.6 is 11.6 Å². The lowest BCUT2D eigenvalue weighted by Crippen LogP contribution is -2.46. The molecule has 0 radical (unpaired) electrons. The van der Waals surface area contributed by atoms with Crippen LogP contribution in [0.4, 0.5) is 5.69 Å². The first kappa shape index (κ1) is 15.6. The van der Waals surface area contributed by atoms with Crippen molar-refractivity contribution in [3.05, 3.63) is 28.8 Å². The smallest absolute Gasteiger partial charge is 0.255 e. The Morgan fingerprint density at radius 3 is 2.46 bits per heavy atom. The number of hydrogen-bond donors (Lipinski definition) is 0. The lowest BCUT2D eigenvalue weighted by atomic mass is 10.00. The van der Waals surface area contributed by atoms with Gasteiger partial charge in [0, 0.05) is 43.6 Å². The van der Waals surface area contributed by atoms with Crippen LogP contribution in [0.25, 0.3) is 0 Å². The number of hydrogen-bond acceptors (Lipinski definition) is 3. The number of Topliss-reactive ketones (excluding diaryl/α,β-unsaturated/α-hetero) is 1. The number of halogens is 1. The van der Waals surface area contributed by atoms with Gasteiger partial charge in [0.05, 0.1) is 10.6 Å². The van der Waals surface area contributed by atoms with E-state index >= 15 is 0 Å². The van der Waals surface area contributed by atoms with E-state index in [4.69, 9.17) is 11.6 Å². The first-order valence-corrected chi connectivity index (χ1v) is 8.86. The summed E-state index contributed by atoms with van der Waals surface area (Å²) in [6.07, 6.45) is 4.04. The van der Waals surface area contributed by atoms with Crippen molar-refractivity contribution in [2.24, 2.45) is 0 Å². The average molecular weight is 347 g/mol. The molecule has 2 atom stereocenters. The first-order chi connectivity index (χ1) is 11.5. The molecule has 4 rings (SSSR count). The zero-order chi connectivity index (χ0) is 16.8. The molecule has 0 aromatic heterocycles. The maximum absolute atomic E-state index is 13.1. The molecule has 3 aliphatic heterocycles. The number of rotatable bonds is 2. The van der Waals surface area contributed by atoms with E-state index in [1.165, 1.54) is 0 Å². The van der Waals surface area contributed by atoms with Crippen molar-refractivity contribution in [3.8, 4) is 0 Å². The third-order valence-corrected chi connectivity index (χ3v) is 5.68. The highest BCUT2D eigenvalue weighted by Gasteiger charge is 2.43. The van der Waals surface area contributed by atoms with Crippen molar-refractivity contribution in [1.29, 1.82) is 0 Å². The summed E-state index contributed by atoms with van der Waals surface area (Å²) in [5.41, 5.74) is 1.16. The van der Waals surface area contributed by atoms with Gasteiger partial charge < -0.3 is 9.80 Å². The molecular formula is C18H19ClN2O3. The van der Waals surface area contributed by atoms with E-state index in [0.717, 1.165) is 24.9 Å². The Morgan fingerprint density at radius 2 is 1.83 bits per heavy atom. The number of ketones is 1. The lowest BCUT2D eigenvalue weighted by Gasteiger charge is -2.34. The lowest BCUT2D eigenvalue weighted by molar-refractivity contribution is -0.122. The van der Waals surface area contributed by atoms with E-state index in [9.17, 15) is 14.4 Å². The number of fused-ring (bicyclic) bond motifs is 2. The average Bonchev–Trinajstić information content (AvgIpc) is 3.09. The molecule has 3 fully saturated rings. The highest BCUT2D eigenvalue weighted by molar-refractivity contribution is 6.34. The molecule has 0 N–H and O–H groups in total. The Morgan fingerprint density at radius 1 is 1.12 bits per heavy atom. The molecule has 0 saturated carbocycles. The molecule has 5 nitrogen and oxygen atoms in total. The van der Waals surface area contributed by atoms with Gasteiger partial charge in [-0.3, -0.25) is 14.4 Å². The Hall–Kier alpha value is -1.88. The van der Waals surface area contributed by atoms with Crippen molar-refractivity contribution in [3.63, 3.8) is 0 Å². The number of piperidine rings is 1. The van der Waals surface area contributed by atoms with E-state index < -0.39 is 0 Å². The summed E-state index contributed by atoms with van der Waals surface area (Å²) in [6, 6.07) is 5.20. The van der Waals surface area contributed by atoms with E-state index in [0.29, 0.717) is 36.4 Å². The first-order valence-electron chi connectivity index (χ1n) is 8.49. The molecular weight excluding hydrogens is 328 g/mol. The van der Waals surface area contributed by atoms with Crippen molar-refractivity contribution >= 4 is 34.9 Å². The SMILES string of the molecule is O=C1C[C@H]2CC[C@@H](C1)N2C(=O)c1cc(N2CCCC2=O)ccc1Cl. The highest BCUT2D eigenvalue weighted by Crippen LogP contribution is 2.37. The summed E-state index contributed by atoms with van der Waals surface area (Å²) in [7, 11) is 0. The second kappa shape index (κ2) is 5.88. The minimum Gasteiger partial charge on any atom is -0.332 e. The third-order valence-electron chi connectivity index (χ3n) is 5.35. The number of carbonyl (C=O) groups excluding carboxylic acids is 3. The molecule has 0 aliphatic carbocycles. The summed E-state index contributed by atoms with van der Waals surface area (Å²) in [5.74, 6) is 0.210. The molecule has 0 unspecified atom stereocenters. The molecule has 2 bridgehead atoms. The van der Waals surface area contributed by atoms with Gasteiger partial charge in [-0.25, -0.2) is 0 Å². The molecule has 24 heavy (non-hydrogen) atoms. The molecule has 0 spiro atoms. The number of anilines is 1. The molecule has 1 aromatic carbocycles. The zero-order valence-electron chi connectivity index (χ0n) is 13.3. The van der Waals surface area contributed by atoms with Crippen LogP contribution < -0.4 is 4.90 Å². The van der Waals surface area contributed by atoms with Gasteiger partial charge in [-0.15, -0.1) is 0 Å². The van der Waals surface area contributed by atoms with Gasteiger partial charge in [-0.2, -0.15) is 0 Å². The number of carbonyl (C=O) groups is 3. The molecule has 3 aliphatic rings. The predicted octanol–water partition coefficient (Wildman–Crippen LogP) is 2.80. The second-order valence-electron chi connectivity index (χ2n) is 6.86. The Kier molecular flexibility index (Phi) is 3.83. The van der Waals surface area contributed by atoms with Crippen LogP contribution in [-0.2, 0) is 9.59 Å². The fraction of sp³-hybridized carbons (Fsp3) is 0.500. The molecule has 2 amide bonds. The maximum Gasteiger partial charge on any atom is 0.255 e. The van der Waals surface area contributed by atoms with Crippen molar-refractivity contribution in [2.75, 3.05) is 11.4 Å². The monoisotopic (exact) mass is 346 g/mol. The quantitative estimate of drug-likeness (QED) is 0.827. The summed E-state index contributed by atoms with van der Waals surface area (Å²) < 4.78 is 0. The van der Waals surface area contributed by atoms with Crippen LogP contribution in [0.5, 0.6) is 0 Å². The van der Waals surface area contributed by atoms with Gasteiger partial charge in [0.25, 0.3) is 5.91 Å². The van der Waals surface area contributed by atoms with E-state index in [2.05, 4.69) is 0 Å². The number of amides is 2. The van der Waals surface area contributed by atoms with Crippen molar-refractivity contribution in [2.45, 2.75) is 50.6 Å². The topological polar surface area (TPSA) is 57.7 Å². The predicted molar refractivity (Wildman–Crippen MR) is 90.3 cm³/mol. The highest BCUT2D eigenvalue weighted by atomic mass is 35.5. The zero-order valence-corrected chi connectivity index (χ0v) is 14.1. The third kappa shape index (κ3) is 2.51. The molecule has 1 aromatic rings. The van der Waals surface area contributed by atoms with E-state index in [-0.39, 0.29) is 29.7 Å². The fourth-order valence-corrected chi connectivity index (χ4v) is 4.41. The molecule has 3 saturated heterocycles. The second-order valence-corrected chi connectivity index (χ2v) is 7.26. The minimum atomic E-state index is -0.117. The van der Waals surface area contributed by atoms with Crippen molar-refractivity contribution in [1.82, 2.24) is 4.90 Å². The summed E-state index contributed by atoms with van der Waals surface area (Å²) in [6.45, 7) is 0.678. The van der Waals surface area contributed by atoms with Gasteiger partial charge in [0.2, 0.25) is 5.91 Å². The normalized spacial score (nSPS) is 26.4. The maximum atomic E-state index is 13.1. The Labute approximate surface area is 145 Å². The van der Waals surface area contributed by atoms with Crippen LogP contribution in [0, 0.1) is 0 Å². The van der Waals surface area contributed by atoms with Gasteiger partial charge in [0.1, 0.15) is 5.78 Å². The van der Waals surface area contributed by atoms with E-state index in [1.54, 1.807) is 23.1 Å². The van der Waals surface area contributed by atoms with Crippen LogP contribution in [0.2, 0.25) is 5.02 Å². The van der Waals surface area contributed by atoms with Gasteiger partial charge >= 0.3 is 0 Å². The van der Waals surface area contributed by atoms with Crippen LogP contribution in [0.1, 0.15) is 48.9 Å². The Bertz CT molecular complexity index is 717. The Balaban J connectivity index is 1.65. The van der Waals surface area contributed by atoms with E-state index in [1.807, 2.05) is 4.90 Å². The standard InChI is InChI=1S/C18H19ClN2O3/c19-16-6-5-11(20-7-1-2-17(20)23)10-15(16)18(24)21-12-3-4-13(21)9-14(22)8-12/h5-6,10,12-13H,1-4,7-9H2/t12-,13+. The van der Waals surface area contributed by atoms with Crippen LogP contribution in [0.15, 0.2) is 18.2 Å².